The topological polar surface area (TPSA) is 95.3 Å². The fraction of sp³-hybridized carbons (Fsp3) is 0.476. The van der Waals surface area contributed by atoms with E-state index in [0.29, 0.717) is 15.4 Å². The summed E-state index contributed by atoms with van der Waals surface area (Å²) >= 11 is 1.10. The molecule has 0 unspecified atom stereocenters. The molecule has 2 amide bonds. The molecule has 0 aliphatic carbocycles. The molecule has 3 heterocycles. The number of esters is 1. The van der Waals surface area contributed by atoms with Gasteiger partial charge in [-0.05, 0) is 24.6 Å². The fourth-order valence-corrected chi connectivity index (χ4v) is 4.69. The van der Waals surface area contributed by atoms with Crippen LogP contribution in [0.3, 0.4) is 0 Å². The number of nitrogens with zero attached hydrogens (tertiary/aromatic N) is 3. The zero-order valence-corrected chi connectivity index (χ0v) is 19.1. The molecule has 9 nitrogen and oxygen atoms in total. The second-order valence-corrected chi connectivity index (χ2v) is 8.65. The van der Waals surface area contributed by atoms with Crippen molar-refractivity contribution >= 4 is 34.1 Å². The van der Waals surface area contributed by atoms with Crippen molar-refractivity contribution in [2.45, 2.75) is 13.5 Å². The van der Waals surface area contributed by atoms with Crippen molar-refractivity contribution in [3.63, 3.8) is 0 Å². The SMILES string of the molecule is COC(=O)c1c(NC(=O)CN2CCN(Cc3ccco3)CC2)sc(C(=O)N(C)C)c1C. The van der Waals surface area contributed by atoms with E-state index in [-0.39, 0.29) is 23.9 Å². The summed E-state index contributed by atoms with van der Waals surface area (Å²) in [6.07, 6.45) is 1.67. The summed E-state index contributed by atoms with van der Waals surface area (Å²) in [5.41, 5.74) is 0.742. The zero-order valence-electron chi connectivity index (χ0n) is 18.3. The number of hydrogen-bond acceptors (Lipinski definition) is 8. The number of piperazine rings is 1. The zero-order chi connectivity index (χ0) is 22.5. The average Bonchev–Trinajstić information content (AvgIpc) is 3.36. The van der Waals surface area contributed by atoms with Crippen molar-refractivity contribution in [1.29, 1.82) is 0 Å². The second kappa shape index (κ2) is 10.1. The lowest BCUT2D eigenvalue weighted by Gasteiger charge is -2.33. The van der Waals surface area contributed by atoms with Gasteiger partial charge in [-0.3, -0.25) is 19.4 Å². The molecule has 1 aliphatic heterocycles. The quantitative estimate of drug-likeness (QED) is 0.647. The number of nitrogens with one attached hydrogen (secondary N) is 1. The standard InChI is InChI=1S/C21H28N4O5S/c1-14-17(21(28)29-4)19(31-18(14)20(27)23(2)3)22-16(26)13-25-9-7-24(8-10-25)12-15-6-5-11-30-15/h5-6,11H,7-10,12-13H2,1-4H3,(H,22,26). The van der Waals surface area contributed by atoms with Crippen LogP contribution in [0.15, 0.2) is 22.8 Å². The van der Waals surface area contributed by atoms with Gasteiger partial charge in [0.05, 0.1) is 36.9 Å². The molecule has 0 atom stereocenters. The van der Waals surface area contributed by atoms with Crippen molar-refractivity contribution in [3.8, 4) is 0 Å². The Bertz CT molecular complexity index is 930. The third kappa shape index (κ3) is 5.52. The van der Waals surface area contributed by atoms with E-state index in [1.54, 1.807) is 27.3 Å². The van der Waals surface area contributed by atoms with E-state index in [0.717, 1.165) is 49.8 Å². The summed E-state index contributed by atoms with van der Waals surface area (Å²) in [7, 11) is 4.56. The predicted molar refractivity (Wildman–Crippen MR) is 117 cm³/mol. The van der Waals surface area contributed by atoms with Crippen molar-refractivity contribution in [3.05, 3.63) is 40.2 Å². The minimum absolute atomic E-state index is 0.211. The van der Waals surface area contributed by atoms with Gasteiger partial charge in [0.2, 0.25) is 5.91 Å². The highest BCUT2D eigenvalue weighted by Crippen LogP contribution is 2.34. The monoisotopic (exact) mass is 448 g/mol. The van der Waals surface area contributed by atoms with Gasteiger partial charge < -0.3 is 19.4 Å². The third-order valence-electron chi connectivity index (χ3n) is 5.18. The molecular weight excluding hydrogens is 420 g/mol. The van der Waals surface area contributed by atoms with Gasteiger partial charge in [-0.1, -0.05) is 0 Å². The number of thiophene rings is 1. The van der Waals surface area contributed by atoms with E-state index in [1.807, 2.05) is 12.1 Å². The molecule has 0 saturated carbocycles. The number of amides is 2. The van der Waals surface area contributed by atoms with Crippen LogP contribution in [0.1, 0.15) is 31.4 Å². The summed E-state index contributed by atoms with van der Waals surface area (Å²) < 4.78 is 10.3. The molecule has 0 spiro atoms. The van der Waals surface area contributed by atoms with Crippen LogP contribution >= 0.6 is 11.3 Å². The predicted octanol–water partition coefficient (Wildman–Crippen LogP) is 1.89. The van der Waals surface area contributed by atoms with Gasteiger partial charge in [0.1, 0.15) is 10.8 Å². The molecule has 1 N–H and O–H groups in total. The normalized spacial score (nSPS) is 15.0. The van der Waals surface area contributed by atoms with Gasteiger partial charge in [0, 0.05) is 40.3 Å². The molecular formula is C21H28N4O5S. The van der Waals surface area contributed by atoms with Crippen LogP contribution in [0, 0.1) is 6.92 Å². The van der Waals surface area contributed by atoms with E-state index >= 15 is 0 Å². The Balaban J connectivity index is 1.61. The van der Waals surface area contributed by atoms with Crippen molar-refractivity contribution < 1.29 is 23.5 Å². The lowest BCUT2D eigenvalue weighted by Crippen LogP contribution is -2.48. The largest absolute Gasteiger partial charge is 0.468 e. The lowest BCUT2D eigenvalue weighted by molar-refractivity contribution is -0.117. The van der Waals surface area contributed by atoms with E-state index in [2.05, 4.69) is 15.1 Å². The number of ether oxygens (including phenoxy) is 1. The Hall–Kier alpha value is -2.69. The number of carbonyl (C=O) groups is 3. The van der Waals surface area contributed by atoms with Gasteiger partial charge in [-0.15, -0.1) is 11.3 Å². The van der Waals surface area contributed by atoms with Gasteiger partial charge in [0.25, 0.3) is 5.91 Å². The second-order valence-electron chi connectivity index (χ2n) is 7.63. The Morgan fingerprint density at radius 1 is 1.19 bits per heavy atom. The highest BCUT2D eigenvalue weighted by atomic mass is 32.1. The molecule has 2 aromatic heterocycles. The highest BCUT2D eigenvalue weighted by Gasteiger charge is 2.27. The summed E-state index contributed by atoms with van der Waals surface area (Å²) in [6, 6.07) is 3.83. The first-order valence-electron chi connectivity index (χ1n) is 10.0. The summed E-state index contributed by atoms with van der Waals surface area (Å²) in [4.78, 5) is 43.6. The molecule has 10 heteroatoms. The fourth-order valence-electron chi connectivity index (χ4n) is 3.45. The Morgan fingerprint density at radius 3 is 2.45 bits per heavy atom. The third-order valence-corrected chi connectivity index (χ3v) is 6.38. The highest BCUT2D eigenvalue weighted by molar-refractivity contribution is 7.18. The minimum Gasteiger partial charge on any atom is -0.468 e. The first kappa shape index (κ1) is 23.0. The van der Waals surface area contributed by atoms with Crippen LogP contribution in [0.25, 0.3) is 0 Å². The molecule has 168 valence electrons. The molecule has 31 heavy (non-hydrogen) atoms. The van der Waals surface area contributed by atoms with Crippen LogP contribution < -0.4 is 5.32 Å². The maximum atomic E-state index is 12.7. The average molecular weight is 449 g/mol. The summed E-state index contributed by atoms with van der Waals surface area (Å²) in [5.74, 6) is -0.0957. The van der Waals surface area contributed by atoms with Crippen LogP contribution in [0.4, 0.5) is 5.00 Å². The maximum Gasteiger partial charge on any atom is 0.341 e. The molecule has 0 radical (unpaired) electrons. The minimum atomic E-state index is -0.576. The Morgan fingerprint density at radius 2 is 1.87 bits per heavy atom. The number of anilines is 1. The van der Waals surface area contributed by atoms with E-state index in [1.165, 1.54) is 12.0 Å². The Kier molecular flexibility index (Phi) is 7.47. The van der Waals surface area contributed by atoms with Gasteiger partial charge in [-0.25, -0.2) is 4.79 Å². The number of rotatable bonds is 7. The number of methoxy groups -OCH3 is 1. The van der Waals surface area contributed by atoms with E-state index < -0.39 is 5.97 Å². The van der Waals surface area contributed by atoms with E-state index in [9.17, 15) is 14.4 Å². The molecule has 1 aliphatic rings. The van der Waals surface area contributed by atoms with Crippen LogP contribution in [-0.2, 0) is 16.1 Å². The first-order chi connectivity index (χ1) is 14.8. The molecule has 0 bridgehead atoms. The Labute approximate surface area is 185 Å². The van der Waals surface area contributed by atoms with Gasteiger partial charge in [-0.2, -0.15) is 0 Å². The summed E-state index contributed by atoms with van der Waals surface area (Å²) in [6.45, 7) is 5.84. The van der Waals surface area contributed by atoms with E-state index in [4.69, 9.17) is 9.15 Å². The number of furan rings is 1. The molecule has 3 rings (SSSR count). The molecule has 1 fully saturated rings. The first-order valence-corrected chi connectivity index (χ1v) is 10.8. The van der Waals surface area contributed by atoms with Gasteiger partial charge >= 0.3 is 5.97 Å². The summed E-state index contributed by atoms with van der Waals surface area (Å²) in [5, 5.41) is 3.16. The number of carbonyl (C=O) groups excluding carboxylic acids is 3. The van der Waals surface area contributed by atoms with Crippen molar-refractivity contribution in [1.82, 2.24) is 14.7 Å². The molecule has 0 aromatic carbocycles. The van der Waals surface area contributed by atoms with Crippen LogP contribution in [0.5, 0.6) is 0 Å². The van der Waals surface area contributed by atoms with Gasteiger partial charge in [0.15, 0.2) is 0 Å². The lowest BCUT2D eigenvalue weighted by atomic mass is 10.1. The maximum absolute atomic E-state index is 12.7. The van der Waals surface area contributed by atoms with Crippen LogP contribution in [0.2, 0.25) is 0 Å². The molecule has 2 aromatic rings. The smallest absolute Gasteiger partial charge is 0.341 e. The van der Waals surface area contributed by atoms with Crippen LogP contribution in [-0.4, -0.2) is 86.4 Å². The van der Waals surface area contributed by atoms with Crippen molar-refractivity contribution in [2.75, 3.05) is 59.2 Å². The van der Waals surface area contributed by atoms with Crippen molar-refractivity contribution in [2.24, 2.45) is 0 Å². The number of hydrogen-bond donors (Lipinski definition) is 1. The molecule has 1 saturated heterocycles.